The van der Waals surface area contributed by atoms with Crippen LogP contribution in [0.15, 0.2) is 42.7 Å². The van der Waals surface area contributed by atoms with Gasteiger partial charge in [-0.2, -0.15) is 5.10 Å². The first-order valence-electron chi connectivity index (χ1n) is 12.0. The van der Waals surface area contributed by atoms with Crippen molar-refractivity contribution in [2.45, 2.75) is 71.3 Å². The number of ether oxygens (including phenoxy) is 1. The van der Waals surface area contributed by atoms with Crippen LogP contribution in [0, 0.1) is 5.92 Å². The lowest BCUT2D eigenvalue weighted by molar-refractivity contribution is 0.144. The first kappa shape index (κ1) is 23.0. The van der Waals surface area contributed by atoms with Crippen molar-refractivity contribution in [3.05, 3.63) is 59.9 Å². The molecule has 1 aliphatic rings. The first-order valence-corrected chi connectivity index (χ1v) is 12.0. The third kappa shape index (κ3) is 6.18. The summed E-state index contributed by atoms with van der Waals surface area (Å²) in [6.45, 7) is 2.87. The van der Waals surface area contributed by atoms with E-state index in [1.807, 2.05) is 24.3 Å². The van der Waals surface area contributed by atoms with E-state index in [1.165, 1.54) is 38.3 Å². The standard InChI is InChI=1S/C26H32N4O3/c1-2-3-9-25-28-24(16-19-7-5-4-6-8-19)29-30(25)18-20-10-12-21(13-11-20)22-14-15-27-17-23(22)33-26(31)32/h10-15,17,19H,2-9,16,18H2,1H3,(H,31,32). The fourth-order valence-corrected chi connectivity index (χ4v) is 4.57. The maximum Gasteiger partial charge on any atom is 0.511 e. The van der Waals surface area contributed by atoms with Crippen LogP contribution in [0.25, 0.3) is 11.1 Å². The van der Waals surface area contributed by atoms with Crippen LogP contribution in [-0.2, 0) is 19.4 Å². The highest BCUT2D eigenvalue weighted by Crippen LogP contribution is 2.30. The Kier molecular flexibility index (Phi) is 7.70. The van der Waals surface area contributed by atoms with E-state index in [4.69, 9.17) is 19.9 Å². The van der Waals surface area contributed by atoms with Crippen LogP contribution in [-0.4, -0.2) is 31.0 Å². The van der Waals surface area contributed by atoms with Crippen LogP contribution in [0.1, 0.15) is 69.1 Å². The van der Waals surface area contributed by atoms with E-state index in [-0.39, 0.29) is 5.75 Å². The Bertz CT molecular complexity index is 1060. The molecule has 1 N–H and O–H groups in total. The minimum atomic E-state index is -1.35. The first-order chi connectivity index (χ1) is 16.1. The number of carbonyl (C=O) groups is 1. The van der Waals surface area contributed by atoms with Crippen LogP contribution >= 0.6 is 0 Å². The van der Waals surface area contributed by atoms with Gasteiger partial charge in [-0.15, -0.1) is 0 Å². The summed E-state index contributed by atoms with van der Waals surface area (Å²) in [6.07, 6.45) is 12.5. The molecule has 1 fully saturated rings. The Labute approximate surface area is 194 Å². The number of hydrogen-bond donors (Lipinski definition) is 1. The third-order valence-corrected chi connectivity index (χ3v) is 6.32. The highest BCUT2D eigenvalue weighted by atomic mass is 16.7. The average Bonchev–Trinajstić information content (AvgIpc) is 3.19. The number of hydrogen-bond acceptors (Lipinski definition) is 5. The van der Waals surface area contributed by atoms with Gasteiger partial charge in [0.2, 0.25) is 0 Å². The molecular formula is C26H32N4O3. The zero-order valence-corrected chi connectivity index (χ0v) is 19.2. The predicted octanol–water partition coefficient (Wildman–Crippen LogP) is 5.91. The lowest BCUT2D eigenvalue weighted by Crippen LogP contribution is -2.11. The highest BCUT2D eigenvalue weighted by Gasteiger charge is 2.18. The van der Waals surface area contributed by atoms with Crippen LogP contribution in [0.3, 0.4) is 0 Å². The number of benzene rings is 1. The van der Waals surface area contributed by atoms with E-state index in [9.17, 15) is 4.79 Å². The summed E-state index contributed by atoms with van der Waals surface area (Å²) in [6, 6.07) is 9.81. The number of aryl methyl sites for hydroxylation is 1. The number of carboxylic acid groups (broad SMARTS) is 1. The molecule has 1 aliphatic carbocycles. The molecule has 33 heavy (non-hydrogen) atoms. The quantitative estimate of drug-likeness (QED) is 0.409. The lowest BCUT2D eigenvalue weighted by atomic mass is 9.87. The minimum absolute atomic E-state index is 0.225. The molecule has 4 rings (SSSR count). The van der Waals surface area contributed by atoms with Gasteiger partial charge in [0.15, 0.2) is 11.6 Å². The van der Waals surface area contributed by atoms with Gasteiger partial charge >= 0.3 is 6.16 Å². The molecule has 2 heterocycles. The molecule has 7 nitrogen and oxygen atoms in total. The second-order valence-electron chi connectivity index (χ2n) is 8.85. The van der Waals surface area contributed by atoms with Gasteiger partial charge in [0.05, 0.1) is 12.7 Å². The molecule has 0 saturated heterocycles. The molecule has 1 saturated carbocycles. The van der Waals surface area contributed by atoms with Crippen molar-refractivity contribution in [1.82, 2.24) is 19.7 Å². The molecule has 0 amide bonds. The SMILES string of the molecule is CCCCc1nc(CC2CCCCC2)nn1Cc1ccc(-c2ccncc2OC(=O)O)cc1. The van der Waals surface area contributed by atoms with Crippen LogP contribution in [0.2, 0.25) is 0 Å². The molecule has 0 spiro atoms. The van der Waals surface area contributed by atoms with Gasteiger partial charge < -0.3 is 9.84 Å². The summed E-state index contributed by atoms with van der Waals surface area (Å²) < 4.78 is 6.94. The lowest BCUT2D eigenvalue weighted by Gasteiger charge is -2.19. The second-order valence-corrected chi connectivity index (χ2v) is 8.85. The molecular weight excluding hydrogens is 416 g/mol. The van der Waals surface area contributed by atoms with Gasteiger partial charge in [0.25, 0.3) is 0 Å². The molecule has 0 unspecified atom stereocenters. The van der Waals surface area contributed by atoms with Gasteiger partial charge in [-0.1, -0.05) is 69.7 Å². The summed E-state index contributed by atoms with van der Waals surface area (Å²) in [5.41, 5.74) is 2.69. The average molecular weight is 449 g/mol. The smallest absolute Gasteiger partial charge is 0.449 e. The molecule has 2 aromatic heterocycles. The van der Waals surface area contributed by atoms with Crippen LogP contribution in [0.4, 0.5) is 4.79 Å². The fourth-order valence-electron chi connectivity index (χ4n) is 4.57. The summed E-state index contributed by atoms with van der Waals surface area (Å²) in [4.78, 5) is 19.9. The highest BCUT2D eigenvalue weighted by molar-refractivity contribution is 5.73. The number of nitrogens with zero attached hydrogens (tertiary/aromatic N) is 4. The molecule has 0 atom stereocenters. The summed E-state index contributed by atoms with van der Waals surface area (Å²) in [7, 11) is 0. The minimum Gasteiger partial charge on any atom is -0.449 e. The maximum absolute atomic E-state index is 11.0. The molecule has 0 aliphatic heterocycles. The van der Waals surface area contributed by atoms with E-state index in [2.05, 4.69) is 16.6 Å². The van der Waals surface area contributed by atoms with Crippen molar-refractivity contribution in [2.24, 2.45) is 5.92 Å². The third-order valence-electron chi connectivity index (χ3n) is 6.32. The Morgan fingerprint density at radius 1 is 1.15 bits per heavy atom. The molecule has 0 radical (unpaired) electrons. The zero-order valence-electron chi connectivity index (χ0n) is 19.2. The zero-order chi connectivity index (χ0) is 23.0. The largest absolute Gasteiger partial charge is 0.511 e. The van der Waals surface area contributed by atoms with Crippen LogP contribution in [0.5, 0.6) is 5.75 Å². The van der Waals surface area contributed by atoms with Crippen molar-refractivity contribution in [3.8, 4) is 16.9 Å². The molecule has 7 heteroatoms. The number of rotatable bonds is 9. The van der Waals surface area contributed by atoms with Crippen molar-refractivity contribution in [2.75, 3.05) is 0 Å². The maximum atomic E-state index is 11.0. The van der Waals surface area contributed by atoms with Gasteiger partial charge in [-0.05, 0) is 29.5 Å². The van der Waals surface area contributed by atoms with Gasteiger partial charge in [-0.3, -0.25) is 4.98 Å². The monoisotopic (exact) mass is 448 g/mol. The molecule has 3 aromatic rings. The van der Waals surface area contributed by atoms with E-state index in [1.54, 1.807) is 12.3 Å². The number of unbranched alkanes of at least 4 members (excludes halogenated alkanes) is 1. The summed E-state index contributed by atoms with van der Waals surface area (Å²) in [5, 5.41) is 13.9. The van der Waals surface area contributed by atoms with Crippen LogP contribution < -0.4 is 4.74 Å². The van der Waals surface area contributed by atoms with Crippen molar-refractivity contribution < 1.29 is 14.6 Å². The van der Waals surface area contributed by atoms with Gasteiger partial charge in [0, 0.05) is 24.6 Å². The topological polar surface area (TPSA) is 90.1 Å². The van der Waals surface area contributed by atoms with Crippen molar-refractivity contribution in [3.63, 3.8) is 0 Å². The predicted molar refractivity (Wildman–Crippen MR) is 126 cm³/mol. The number of aromatic nitrogens is 4. The fraction of sp³-hybridized carbons (Fsp3) is 0.462. The molecule has 0 bridgehead atoms. The van der Waals surface area contributed by atoms with Crippen molar-refractivity contribution >= 4 is 6.16 Å². The number of pyridine rings is 1. The van der Waals surface area contributed by atoms with E-state index in [0.29, 0.717) is 12.1 Å². The van der Waals surface area contributed by atoms with Gasteiger partial charge in [-0.25, -0.2) is 14.5 Å². The molecule has 1 aromatic carbocycles. The summed E-state index contributed by atoms with van der Waals surface area (Å²) in [5.74, 6) is 2.99. The van der Waals surface area contributed by atoms with E-state index >= 15 is 0 Å². The Morgan fingerprint density at radius 3 is 2.67 bits per heavy atom. The Hall–Kier alpha value is -3.22. The normalized spacial score (nSPS) is 14.3. The second kappa shape index (κ2) is 11.1. The van der Waals surface area contributed by atoms with E-state index < -0.39 is 6.16 Å². The Morgan fingerprint density at radius 2 is 1.94 bits per heavy atom. The Balaban J connectivity index is 1.50. The molecule has 174 valence electrons. The summed E-state index contributed by atoms with van der Waals surface area (Å²) >= 11 is 0. The van der Waals surface area contributed by atoms with E-state index in [0.717, 1.165) is 54.4 Å². The van der Waals surface area contributed by atoms with Crippen molar-refractivity contribution in [1.29, 1.82) is 0 Å². The van der Waals surface area contributed by atoms with Gasteiger partial charge in [0.1, 0.15) is 5.82 Å².